The Kier molecular flexibility index (Phi) is 4.71. The highest BCUT2D eigenvalue weighted by molar-refractivity contribution is 5.76. The standard InChI is InChI=1S/C17H25N5O2/c1-11-13(10-19-21(11)3)4-7-16(23)20-14-5-6-15(17(14)24)22-9-8-18-12(22)2/h8-10,14-15,17,24H,4-7H2,1-3H3,(H,20,23)/t14-,15-,17-/m1/s1. The number of aromatic nitrogens is 4. The summed E-state index contributed by atoms with van der Waals surface area (Å²) in [4.78, 5) is 16.4. The lowest BCUT2D eigenvalue weighted by Crippen LogP contribution is -2.42. The number of carbonyl (C=O) groups is 1. The number of rotatable bonds is 5. The zero-order chi connectivity index (χ0) is 17.3. The van der Waals surface area contributed by atoms with Gasteiger partial charge in [0.1, 0.15) is 5.82 Å². The molecule has 2 N–H and O–H groups in total. The lowest BCUT2D eigenvalue weighted by molar-refractivity contribution is -0.122. The van der Waals surface area contributed by atoms with Crippen molar-refractivity contribution >= 4 is 5.91 Å². The van der Waals surface area contributed by atoms with Gasteiger partial charge >= 0.3 is 0 Å². The molecule has 24 heavy (non-hydrogen) atoms. The van der Waals surface area contributed by atoms with Gasteiger partial charge in [-0.05, 0) is 38.7 Å². The summed E-state index contributed by atoms with van der Waals surface area (Å²) in [6.45, 7) is 3.92. The van der Waals surface area contributed by atoms with Crippen LogP contribution < -0.4 is 5.32 Å². The molecule has 2 aromatic heterocycles. The summed E-state index contributed by atoms with van der Waals surface area (Å²) in [5.74, 6) is 0.864. The van der Waals surface area contributed by atoms with Gasteiger partial charge in [0, 0.05) is 31.6 Å². The van der Waals surface area contributed by atoms with Crippen LogP contribution in [-0.2, 0) is 18.3 Å². The van der Waals surface area contributed by atoms with Gasteiger partial charge in [-0.3, -0.25) is 9.48 Å². The number of aryl methyl sites for hydroxylation is 3. The first-order valence-corrected chi connectivity index (χ1v) is 8.41. The van der Waals surface area contributed by atoms with Gasteiger partial charge in [-0.25, -0.2) is 4.98 Å². The fourth-order valence-electron chi connectivity index (χ4n) is 3.48. The average molecular weight is 331 g/mol. The van der Waals surface area contributed by atoms with E-state index in [-0.39, 0.29) is 18.0 Å². The van der Waals surface area contributed by atoms with E-state index in [2.05, 4.69) is 15.4 Å². The van der Waals surface area contributed by atoms with Crippen LogP contribution in [0.1, 0.15) is 42.4 Å². The molecule has 7 nitrogen and oxygen atoms in total. The third-order valence-corrected chi connectivity index (χ3v) is 5.10. The third kappa shape index (κ3) is 3.21. The SMILES string of the molecule is Cc1nccn1[C@@H]1CC[C@@H](NC(=O)CCc2cnn(C)c2C)[C@H]1O. The smallest absolute Gasteiger partial charge is 0.220 e. The van der Waals surface area contributed by atoms with Crippen molar-refractivity contribution in [3.63, 3.8) is 0 Å². The van der Waals surface area contributed by atoms with E-state index < -0.39 is 6.10 Å². The highest BCUT2D eigenvalue weighted by Crippen LogP contribution is 2.31. The fourth-order valence-corrected chi connectivity index (χ4v) is 3.48. The van der Waals surface area contributed by atoms with Crippen molar-refractivity contribution in [3.8, 4) is 0 Å². The van der Waals surface area contributed by atoms with Crippen molar-refractivity contribution in [1.82, 2.24) is 24.6 Å². The molecule has 3 atom stereocenters. The molecule has 2 heterocycles. The Morgan fingerprint density at radius 1 is 1.42 bits per heavy atom. The molecule has 0 radical (unpaired) electrons. The minimum Gasteiger partial charge on any atom is -0.389 e. The van der Waals surface area contributed by atoms with Crippen LogP contribution in [0.3, 0.4) is 0 Å². The normalized spacial score (nSPS) is 23.6. The number of aliphatic hydroxyl groups is 1. The minimum absolute atomic E-state index is 0.0154. The largest absolute Gasteiger partial charge is 0.389 e. The maximum Gasteiger partial charge on any atom is 0.220 e. The molecule has 130 valence electrons. The molecule has 1 fully saturated rings. The molecule has 0 aliphatic heterocycles. The molecular formula is C17H25N5O2. The van der Waals surface area contributed by atoms with Gasteiger partial charge in [0.2, 0.25) is 5.91 Å². The Labute approximate surface area is 141 Å². The molecule has 7 heteroatoms. The van der Waals surface area contributed by atoms with E-state index >= 15 is 0 Å². The quantitative estimate of drug-likeness (QED) is 0.857. The van der Waals surface area contributed by atoms with E-state index in [0.29, 0.717) is 12.8 Å². The Balaban J connectivity index is 1.54. The lowest BCUT2D eigenvalue weighted by atomic mass is 10.1. The summed E-state index contributed by atoms with van der Waals surface area (Å²) >= 11 is 0. The Hall–Kier alpha value is -2.15. The number of hydrogen-bond donors (Lipinski definition) is 2. The molecule has 1 amide bonds. The minimum atomic E-state index is -0.582. The van der Waals surface area contributed by atoms with Crippen LogP contribution in [0.25, 0.3) is 0 Å². The molecule has 0 unspecified atom stereocenters. The lowest BCUT2D eigenvalue weighted by Gasteiger charge is -2.22. The van der Waals surface area contributed by atoms with Crippen LogP contribution >= 0.6 is 0 Å². The first-order chi connectivity index (χ1) is 11.5. The Bertz CT molecular complexity index is 720. The number of imidazole rings is 1. The number of nitrogens with one attached hydrogen (secondary N) is 1. The fraction of sp³-hybridized carbons (Fsp3) is 0.588. The van der Waals surface area contributed by atoms with E-state index in [9.17, 15) is 9.90 Å². The molecule has 0 bridgehead atoms. The van der Waals surface area contributed by atoms with Crippen molar-refractivity contribution in [2.45, 2.75) is 57.7 Å². The first-order valence-electron chi connectivity index (χ1n) is 8.41. The highest BCUT2D eigenvalue weighted by atomic mass is 16.3. The van der Waals surface area contributed by atoms with Crippen LogP contribution in [-0.4, -0.2) is 42.5 Å². The summed E-state index contributed by atoms with van der Waals surface area (Å²) in [6.07, 6.45) is 7.55. The van der Waals surface area contributed by atoms with Crippen LogP contribution in [0.5, 0.6) is 0 Å². The first kappa shape index (κ1) is 16.7. The van der Waals surface area contributed by atoms with Crippen molar-refractivity contribution in [2.75, 3.05) is 0 Å². The molecule has 1 aliphatic carbocycles. The van der Waals surface area contributed by atoms with Crippen molar-refractivity contribution in [2.24, 2.45) is 7.05 Å². The maximum absolute atomic E-state index is 12.2. The molecule has 0 spiro atoms. The second kappa shape index (κ2) is 6.76. The van der Waals surface area contributed by atoms with E-state index in [1.165, 1.54) is 0 Å². The van der Waals surface area contributed by atoms with Crippen LogP contribution in [0, 0.1) is 13.8 Å². The van der Waals surface area contributed by atoms with Crippen LogP contribution in [0.15, 0.2) is 18.6 Å². The van der Waals surface area contributed by atoms with Crippen molar-refractivity contribution in [3.05, 3.63) is 35.7 Å². The molecule has 0 saturated heterocycles. The predicted octanol–water partition coefficient (Wildman–Crippen LogP) is 1.05. The Morgan fingerprint density at radius 3 is 2.83 bits per heavy atom. The van der Waals surface area contributed by atoms with E-state index in [1.54, 1.807) is 6.20 Å². The van der Waals surface area contributed by atoms with Crippen molar-refractivity contribution in [1.29, 1.82) is 0 Å². The summed E-state index contributed by atoms with van der Waals surface area (Å²) < 4.78 is 3.81. The molecule has 2 aromatic rings. The second-order valence-corrected chi connectivity index (χ2v) is 6.57. The number of aliphatic hydroxyl groups excluding tert-OH is 1. The zero-order valence-corrected chi connectivity index (χ0v) is 14.4. The van der Waals surface area contributed by atoms with Crippen molar-refractivity contribution < 1.29 is 9.90 Å². The topological polar surface area (TPSA) is 85.0 Å². The summed E-state index contributed by atoms with van der Waals surface area (Å²) in [5, 5.41) is 17.7. The zero-order valence-electron chi connectivity index (χ0n) is 14.4. The number of hydrogen-bond acceptors (Lipinski definition) is 4. The third-order valence-electron chi connectivity index (χ3n) is 5.10. The number of nitrogens with zero attached hydrogens (tertiary/aromatic N) is 4. The molecular weight excluding hydrogens is 306 g/mol. The molecule has 1 aliphatic rings. The molecule has 3 rings (SSSR count). The van der Waals surface area contributed by atoms with Gasteiger partial charge in [-0.2, -0.15) is 5.10 Å². The monoisotopic (exact) mass is 331 g/mol. The number of carbonyl (C=O) groups excluding carboxylic acids is 1. The summed E-state index contributed by atoms with van der Waals surface area (Å²) in [6, 6.07) is -0.210. The van der Waals surface area contributed by atoms with E-state index in [4.69, 9.17) is 0 Å². The van der Waals surface area contributed by atoms with E-state index in [1.807, 2.05) is 42.5 Å². The van der Waals surface area contributed by atoms with Gasteiger partial charge in [-0.15, -0.1) is 0 Å². The van der Waals surface area contributed by atoms with Crippen LogP contribution in [0.2, 0.25) is 0 Å². The van der Waals surface area contributed by atoms with Gasteiger partial charge in [0.05, 0.1) is 24.4 Å². The number of amides is 1. The predicted molar refractivity (Wildman–Crippen MR) is 89.4 cm³/mol. The van der Waals surface area contributed by atoms with Crippen LogP contribution in [0.4, 0.5) is 0 Å². The van der Waals surface area contributed by atoms with Gasteiger partial charge in [0.25, 0.3) is 0 Å². The average Bonchev–Trinajstić information content (AvgIpc) is 3.21. The summed E-state index contributed by atoms with van der Waals surface area (Å²) in [7, 11) is 1.89. The second-order valence-electron chi connectivity index (χ2n) is 6.57. The summed E-state index contributed by atoms with van der Waals surface area (Å²) in [5.41, 5.74) is 2.17. The van der Waals surface area contributed by atoms with Gasteiger partial charge in [-0.1, -0.05) is 0 Å². The van der Waals surface area contributed by atoms with E-state index in [0.717, 1.165) is 29.9 Å². The van der Waals surface area contributed by atoms with Gasteiger partial charge < -0.3 is 15.0 Å². The highest BCUT2D eigenvalue weighted by Gasteiger charge is 2.36. The Morgan fingerprint density at radius 2 is 2.21 bits per heavy atom. The maximum atomic E-state index is 12.2. The molecule has 1 saturated carbocycles. The molecule has 0 aromatic carbocycles. The van der Waals surface area contributed by atoms with Gasteiger partial charge in [0.15, 0.2) is 0 Å².